The minimum atomic E-state index is -2.53. The van der Waals surface area contributed by atoms with Crippen LogP contribution in [0.3, 0.4) is 0 Å². The van der Waals surface area contributed by atoms with Gasteiger partial charge in [0.2, 0.25) is 0 Å². The molecule has 7 heteroatoms. The molecule has 0 bridgehead atoms. The minimum Gasteiger partial charge on any atom is -0.381 e. The fourth-order valence-corrected chi connectivity index (χ4v) is 2.01. The molecule has 1 aliphatic carbocycles. The summed E-state index contributed by atoms with van der Waals surface area (Å²) in [4.78, 5) is 3.98. The van der Waals surface area contributed by atoms with Crippen molar-refractivity contribution in [1.82, 2.24) is 14.8 Å². The number of nitrogens with one attached hydrogen (secondary N) is 1. The summed E-state index contributed by atoms with van der Waals surface area (Å²) in [5.41, 5.74) is 1.31. The van der Waals surface area contributed by atoms with Crippen LogP contribution >= 0.6 is 11.6 Å². The van der Waals surface area contributed by atoms with Crippen molar-refractivity contribution in [1.29, 1.82) is 0 Å². The Balaban J connectivity index is 1.71. The SMILES string of the molecule is FC1(F)CC1CNc1cn(-c2cccnc2)nc1Cl. The zero-order valence-corrected chi connectivity index (χ0v) is 10.6. The molecule has 2 heterocycles. The first-order valence-electron chi connectivity index (χ1n) is 5.83. The van der Waals surface area contributed by atoms with Crippen molar-refractivity contribution in [3.63, 3.8) is 0 Å². The van der Waals surface area contributed by atoms with Crippen LogP contribution in [-0.4, -0.2) is 27.2 Å². The van der Waals surface area contributed by atoms with Crippen LogP contribution in [0.1, 0.15) is 6.42 Å². The molecule has 0 amide bonds. The Hall–Kier alpha value is -1.69. The molecule has 1 unspecified atom stereocenters. The fourth-order valence-electron chi connectivity index (χ4n) is 1.82. The van der Waals surface area contributed by atoms with Gasteiger partial charge in [-0.3, -0.25) is 4.98 Å². The average Bonchev–Trinajstić information content (AvgIpc) is 2.83. The lowest BCUT2D eigenvalue weighted by Gasteiger charge is -2.02. The summed E-state index contributed by atoms with van der Waals surface area (Å²) in [6.07, 6.45) is 4.90. The van der Waals surface area contributed by atoms with Crippen LogP contribution in [0.25, 0.3) is 5.69 Å². The quantitative estimate of drug-likeness (QED) is 0.938. The third-order valence-corrected chi connectivity index (χ3v) is 3.35. The second kappa shape index (κ2) is 4.45. The number of pyridine rings is 1. The first-order chi connectivity index (χ1) is 9.06. The molecule has 4 nitrogen and oxygen atoms in total. The Morgan fingerprint density at radius 1 is 1.53 bits per heavy atom. The van der Waals surface area contributed by atoms with Gasteiger partial charge in [-0.15, -0.1) is 0 Å². The second-order valence-corrected chi connectivity index (χ2v) is 4.89. The zero-order chi connectivity index (χ0) is 13.5. The summed E-state index contributed by atoms with van der Waals surface area (Å²) in [5, 5.41) is 7.27. The summed E-state index contributed by atoms with van der Waals surface area (Å²) in [7, 11) is 0. The van der Waals surface area contributed by atoms with E-state index in [4.69, 9.17) is 11.6 Å². The molecule has 100 valence electrons. The number of nitrogens with zero attached hydrogens (tertiary/aromatic N) is 3. The summed E-state index contributed by atoms with van der Waals surface area (Å²) in [5.74, 6) is -3.14. The predicted molar refractivity (Wildman–Crippen MR) is 67.9 cm³/mol. The first-order valence-corrected chi connectivity index (χ1v) is 6.21. The molecule has 0 radical (unpaired) electrons. The molecule has 1 atom stereocenters. The third-order valence-electron chi connectivity index (χ3n) is 3.07. The molecule has 1 saturated carbocycles. The van der Waals surface area contributed by atoms with E-state index in [1.165, 1.54) is 0 Å². The Morgan fingerprint density at radius 3 is 2.95 bits per heavy atom. The number of hydrogen-bond acceptors (Lipinski definition) is 3. The number of rotatable bonds is 4. The van der Waals surface area contributed by atoms with Crippen molar-refractivity contribution >= 4 is 17.3 Å². The van der Waals surface area contributed by atoms with E-state index in [0.29, 0.717) is 5.69 Å². The van der Waals surface area contributed by atoms with Crippen LogP contribution in [0, 0.1) is 5.92 Å². The van der Waals surface area contributed by atoms with Gasteiger partial charge in [-0.2, -0.15) is 5.10 Å². The van der Waals surface area contributed by atoms with Crippen molar-refractivity contribution < 1.29 is 8.78 Å². The van der Waals surface area contributed by atoms with Crippen molar-refractivity contribution in [3.05, 3.63) is 35.9 Å². The predicted octanol–water partition coefficient (Wildman–Crippen LogP) is 2.99. The van der Waals surface area contributed by atoms with Gasteiger partial charge in [0.1, 0.15) is 0 Å². The Kier molecular flexibility index (Phi) is 2.89. The number of halogens is 3. The molecular weight excluding hydrogens is 274 g/mol. The van der Waals surface area contributed by atoms with E-state index >= 15 is 0 Å². The van der Waals surface area contributed by atoms with E-state index in [1.54, 1.807) is 29.3 Å². The van der Waals surface area contributed by atoms with Gasteiger partial charge in [0.05, 0.1) is 23.8 Å². The van der Waals surface area contributed by atoms with Crippen molar-refractivity contribution in [3.8, 4) is 5.69 Å². The van der Waals surface area contributed by atoms with E-state index in [-0.39, 0.29) is 18.1 Å². The van der Waals surface area contributed by atoms with Gasteiger partial charge >= 0.3 is 0 Å². The highest BCUT2D eigenvalue weighted by atomic mass is 35.5. The van der Waals surface area contributed by atoms with Crippen LogP contribution in [0.4, 0.5) is 14.5 Å². The molecule has 1 fully saturated rings. The Labute approximate surface area is 113 Å². The molecule has 0 aliphatic heterocycles. The van der Waals surface area contributed by atoms with Crippen LogP contribution < -0.4 is 5.32 Å². The maximum Gasteiger partial charge on any atom is 0.253 e. The van der Waals surface area contributed by atoms with E-state index in [0.717, 1.165) is 5.69 Å². The number of alkyl halides is 2. The van der Waals surface area contributed by atoms with Crippen LogP contribution in [0.15, 0.2) is 30.7 Å². The van der Waals surface area contributed by atoms with Gasteiger partial charge in [0.15, 0.2) is 5.15 Å². The Bertz CT molecular complexity index is 585. The van der Waals surface area contributed by atoms with Gasteiger partial charge in [-0.25, -0.2) is 13.5 Å². The first kappa shape index (κ1) is 12.3. The van der Waals surface area contributed by atoms with E-state index < -0.39 is 11.8 Å². The number of aromatic nitrogens is 3. The Morgan fingerprint density at radius 2 is 2.32 bits per heavy atom. The smallest absolute Gasteiger partial charge is 0.253 e. The standard InChI is InChI=1S/C12H11ClF2N4/c13-11-10(17-5-8-4-12(8,14)15)7-19(18-11)9-2-1-3-16-6-9/h1-3,6-8,17H,4-5H2. The summed E-state index contributed by atoms with van der Waals surface area (Å²) < 4.78 is 27.1. The van der Waals surface area contributed by atoms with Crippen LogP contribution in [-0.2, 0) is 0 Å². The maximum atomic E-state index is 12.8. The molecule has 1 N–H and O–H groups in total. The molecule has 0 saturated heterocycles. The zero-order valence-electron chi connectivity index (χ0n) is 9.85. The lowest BCUT2D eigenvalue weighted by Crippen LogP contribution is -2.08. The monoisotopic (exact) mass is 284 g/mol. The van der Waals surface area contributed by atoms with Crippen LogP contribution in [0.2, 0.25) is 5.15 Å². The number of anilines is 1. The molecule has 1 aliphatic rings. The molecule has 3 rings (SSSR count). The molecule has 2 aromatic rings. The van der Waals surface area contributed by atoms with E-state index in [1.807, 2.05) is 6.07 Å². The molecule has 19 heavy (non-hydrogen) atoms. The molecular formula is C12H11ClF2N4. The largest absolute Gasteiger partial charge is 0.381 e. The fraction of sp³-hybridized carbons (Fsp3) is 0.333. The summed E-state index contributed by atoms with van der Waals surface area (Å²) in [6, 6.07) is 3.61. The van der Waals surface area contributed by atoms with Crippen molar-refractivity contribution in [2.24, 2.45) is 5.92 Å². The molecule has 0 spiro atoms. The van der Waals surface area contributed by atoms with Crippen molar-refractivity contribution in [2.45, 2.75) is 12.3 Å². The topological polar surface area (TPSA) is 42.7 Å². The third kappa shape index (κ3) is 2.53. The summed E-state index contributed by atoms with van der Waals surface area (Å²) in [6.45, 7) is 0.200. The molecule has 2 aromatic heterocycles. The van der Waals surface area contributed by atoms with Gasteiger partial charge < -0.3 is 5.32 Å². The highest BCUT2D eigenvalue weighted by Gasteiger charge is 2.56. The van der Waals surface area contributed by atoms with E-state index in [2.05, 4.69) is 15.4 Å². The summed E-state index contributed by atoms with van der Waals surface area (Å²) >= 11 is 5.97. The van der Waals surface area contributed by atoms with Gasteiger partial charge in [-0.05, 0) is 12.1 Å². The normalized spacial score (nSPS) is 20.3. The van der Waals surface area contributed by atoms with Gasteiger partial charge in [0, 0.05) is 25.1 Å². The van der Waals surface area contributed by atoms with Crippen LogP contribution in [0.5, 0.6) is 0 Å². The van der Waals surface area contributed by atoms with Gasteiger partial charge in [-0.1, -0.05) is 11.6 Å². The van der Waals surface area contributed by atoms with Gasteiger partial charge in [0.25, 0.3) is 5.92 Å². The van der Waals surface area contributed by atoms with E-state index in [9.17, 15) is 8.78 Å². The highest BCUT2D eigenvalue weighted by Crippen LogP contribution is 2.48. The second-order valence-electron chi connectivity index (χ2n) is 4.53. The maximum absolute atomic E-state index is 12.8. The van der Waals surface area contributed by atoms with Crippen molar-refractivity contribution in [2.75, 3.05) is 11.9 Å². The average molecular weight is 285 g/mol. The lowest BCUT2D eigenvalue weighted by atomic mass is 10.4. The number of hydrogen-bond donors (Lipinski definition) is 1. The molecule has 0 aromatic carbocycles. The minimum absolute atomic E-state index is 0.0611. The highest BCUT2D eigenvalue weighted by molar-refractivity contribution is 6.32. The lowest BCUT2D eigenvalue weighted by molar-refractivity contribution is 0.101.